The summed E-state index contributed by atoms with van der Waals surface area (Å²) < 4.78 is 19.4. The number of ether oxygens (including phenoxy) is 1. The van der Waals surface area contributed by atoms with Crippen LogP contribution in [0.25, 0.3) is 10.1 Å². The zero-order valence-electron chi connectivity index (χ0n) is 20.5. The van der Waals surface area contributed by atoms with E-state index in [0.717, 1.165) is 26.9 Å². The lowest BCUT2D eigenvalue weighted by molar-refractivity contribution is -0.116. The molecular formula is C27H29FN2O4S. The highest BCUT2D eigenvalue weighted by atomic mass is 32.1. The smallest absolute Gasteiger partial charge is 0.263 e. The predicted molar refractivity (Wildman–Crippen MR) is 138 cm³/mol. The van der Waals surface area contributed by atoms with E-state index < -0.39 is 5.82 Å². The van der Waals surface area contributed by atoms with E-state index in [-0.39, 0.29) is 35.9 Å². The molecule has 0 unspecified atom stereocenters. The Bertz CT molecular complexity index is 1310. The van der Waals surface area contributed by atoms with Gasteiger partial charge < -0.3 is 15.4 Å². The molecule has 1 aromatic heterocycles. The van der Waals surface area contributed by atoms with Gasteiger partial charge in [0, 0.05) is 28.2 Å². The van der Waals surface area contributed by atoms with Gasteiger partial charge in [-0.15, -0.1) is 11.3 Å². The Labute approximate surface area is 208 Å². The molecule has 2 heterocycles. The highest BCUT2D eigenvalue weighted by molar-refractivity contribution is 7.21. The van der Waals surface area contributed by atoms with Crippen molar-refractivity contribution in [1.29, 1.82) is 0 Å². The second kappa shape index (κ2) is 11.3. The third-order valence-corrected chi connectivity index (χ3v) is 6.34. The number of ketones is 2. The molecule has 4 rings (SSSR count). The number of carbonyl (C=O) groups is 3. The van der Waals surface area contributed by atoms with Gasteiger partial charge in [-0.25, -0.2) is 4.39 Å². The molecule has 1 amide bonds. The Morgan fingerprint density at radius 2 is 1.91 bits per heavy atom. The lowest BCUT2D eigenvalue weighted by atomic mass is 10.1. The molecule has 3 aromatic rings. The molecular weight excluding hydrogens is 467 g/mol. The van der Waals surface area contributed by atoms with Crippen molar-refractivity contribution in [3.63, 3.8) is 0 Å². The fourth-order valence-corrected chi connectivity index (χ4v) is 4.54. The Balaban J connectivity index is 0.000000199. The molecule has 184 valence electrons. The molecule has 6 nitrogen and oxygen atoms in total. The quantitative estimate of drug-likeness (QED) is 0.350. The lowest BCUT2D eigenvalue weighted by Crippen LogP contribution is -2.34. The number of rotatable bonds is 5. The van der Waals surface area contributed by atoms with Crippen LogP contribution in [0.15, 0.2) is 48.0 Å². The molecule has 2 aromatic carbocycles. The van der Waals surface area contributed by atoms with E-state index in [1.54, 1.807) is 25.1 Å². The van der Waals surface area contributed by atoms with Gasteiger partial charge >= 0.3 is 0 Å². The van der Waals surface area contributed by atoms with Gasteiger partial charge in [0.1, 0.15) is 4.88 Å². The van der Waals surface area contributed by atoms with E-state index >= 15 is 0 Å². The highest BCUT2D eigenvalue weighted by Gasteiger charge is 2.23. The van der Waals surface area contributed by atoms with Crippen molar-refractivity contribution in [3.8, 4) is 5.75 Å². The standard InChI is InChI=1S/C14H14N2O2S.C13H15FO2/c1-7-6-15-12-10-5-9(8(2)17)3-4-11(10)19-13(12)14(18)16-7;1-9(2)6-11(15)8-16-13-7-10(3)4-5-12(13)14/h3-5,7,15H,6H2,1-2H3,(H,16,18);4-7H,8H2,1-3H3/t7-;/m1./s1. The van der Waals surface area contributed by atoms with Crippen LogP contribution >= 0.6 is 11.3 Å². The van der Waals surface area contributed by atoms with Crippen LogP contribution in [-0.2, 0) is 4.79 Å². The number of allylic oxidation sites excluding steroid dienone is 1. The van der Waals surface area contributed by atoms with E-state index in [2.05, 4.69) is 10.6 Å². The minimum atomic E-state index is -0.449. The molecule has 2 N–H and O–H groups in total. The van der Waals surface area contributed by atoms with Crippen LogP contribution in [0.5, 0.6) is 5.75 Å². The summed E-state index contributed by atoms with van der Waals surface area (Å²) in [6.07, 6.45) is 1.48. The van der Waals surface area contributed by atoms with Crippen LogP contribution in [0.3, 0.4) is 0 Å². The van der Waals surface area contributed by atoms with Gasteiger partial charge in [-0.1, -0.05) is 11.6 Å². The number of halogens is 1. The Hall–Kier alpha value is -3.52. The zero-order valence-corrected chi connectivity index (χ0v) is 21.3. The first kappa shape index (κ1) is 26.1. The van der Waals surface area contributed by atoms with Gasteiger partial charge in [0.05, 0.1) is 5.69 Å². The van der Waals surface area contributed by atoms with E-state index in [1.807, 2.05) is 39.8 Å². The fraction of sp³-hybridized carbons (Fsp3) is 0.296. The lowest BCUT2D eigenvalue weighted by Gasteiger charge is -2.09. The molecule has 0 saturated heterocycles. The van der Waals surface area contributed by atoms with Gasteiger partial charge in [0.15, 0.2) is 29.7 Å². The minimum Gasteiger partial charge on any atom is -0.482 e. The Kier molecular flexibility index (Phi) is 8.40. The molecule has 35 heavy (non-hydrogen) atoms. The molecule has 1 aliphatic rings. The van der Waals surface area contributed by atoms with E-state index in [4.69, 9.17) is 4.74 Å². The number of anilines is 1. The minimum absolute atomic E-state index is 0.0355. The summed E-state index contributed by atoms with van der Waals surface area (Å²) in [5.74, 6) is -0.502. The molecule has 0 bridgehead atoms. The maximum Gasteiger partial charge on any atom is 0.263 e. The van der Waals surface area contributed by atoms with Crippen LogP contribution in [0, 0.1) is 12.7 Å². The van der Waals surface area contributed by atoms with Crippen molar-refractivity contribution in [2.24, 2.45) is 0 Å². The van der Waals surface area contributed by atoms with Crippen molar-refractivity contribution < 1.29 is 23.5 Å². The fourth-order valence-electron chi connectivity index (χ4n) is 3.48. The van der Waals surface area contributed by atoms with E-state index in [0.29, 0.717) is 17.0 Å². The maximum absolute atomic E-state index is 13.2. The van der Waals surface area contributed by atoms with E-state index in [1.165, 1.54) is 23.5 Å². The third kappa shape index (κ3) is 6.76. The number of fused-ring (bicyclic) bond motifs is 3. The number of Topliss-reactive ketones (excluding diaryl/α,β-unsaturated/α-hetero) is 1. The first-order chi connectivity index (χ1) is 16.5. The van der Waals surface area contributed by atoms with Crippen LogP contribution in [0.2, 0.25) is 0 Å². The number of nitrogens with one attached hydrogen (secondary N) is 2. The third-order valence-electron chi connectivity index (χ3n) is 5.17. The SMILES string of the molecule is CC(=O)c1ccc2sc3c(c2c1)NC[C@@H](C)NC3=O.CC(C)=CC(=O)COc1cc(C)ccc1F. The average molecular weight is 497 g/mol. The van der Waals surface area contributed by atoms with Crippen molar-refractivity contribution in [2.45, 2.75) is 40.7 Å². The first-order valence-corrected chi connectivity index (χ1v) is 12.1. The number of benzene rings is 2. The van der Waals surface area contributed by atoms with Crippen molar-refractivity contribution in [2.75, 3.05) is 18.5 Å². The molecule has 8 heteroatoms. The average Bonchev–Trinajstić information content (AvgIpc) is 3.09. The molecule has 1 aliphatic heterocycles. The topological polar surface area (TPSA) is 84.5 Å². The summed E-state index contributed by atoms with van der Waals surface area (Å²) in [4.78, 5) is 35.6. The monoisotopic (exact) mass is 496 g/mol. The molecule has 0 saturated carbocycles. The normalized spacial score (nSPS) is 14.5. The van der Waals surface area contributed by atoms with Gasteiger partial charge in [0.25, 0.3) is 5.91 Å². The zero-order chi connectivity index (χ0) is 25.7. The molecule has 0 radical (unpaired) electrons. The summed E-state index contributed by atoms with van der Waals surface area (Å²) in [5.41, 5.74) is 3.32. The van der Waals surface area contributed by atoms with Crippen LogP contribution in [0.1, 0.15) is 53.3 Å². The Morgan fingerprint density at radius 3 is 2.60 bits per heavy atom. The summed E-state index contributed by atoms with van der Waals surface area (Å²) in [6, 6.07) is 10.2. The van der Waals surface area contributed by atoms with Crippen molar-refractivity contribution >= 4 is 44.6 Å². The predicted octanol–water partition coefficient (Wildman–Crippen LogP) is 5.70. The molecule has 0 aliphatic carbocycles. The van der Waals surface area contributed by atoms with Crippen LogP contribution in [-0.4, -0.2) is 36.7 Å². The summed E-state index contributed by atoms with van der Waals surface area (Å²) >= 11 is 1.46. The summed E-state index contributed by atoms with van der Waals surface area (Å²) in [5, 5.41) is 7.20. The van der Waals surface area contributed by atoms with Crippen LogP contribution in [0.4, 0.5) is 10.1 Å². The molecule has 0 fully saturated rings. The second-order valence-corrected chi connectivity index (χ2v) is 9.79. The molecule has 1 atom stereocenters. The van der Waals surface area contributed by atoms with Crippen molar-refractivity contribution in [3.05, 3.63) is 69.9 Å². The number of thiophene rings is 1. The number of amides is 1. The van der Waals surface area contributed by atoms with E-state index in [9.17, 15) is 18.8 Å². The van der Waals surface area contributed by atoms with Crippen molar-refractivity contribution in [1.82, 2.24) is 5.32 Å². The number of hydrogen-bond donors (Lipinski definition) is 2. The largest absolute Gasteiger partial charge is 0.482 e. The van der Waals surface area contributed by atoms with Gasteiger partial charge in [-0.05, 0) is 76.6 Å². The molecule has 0 spiro atoms. The van der Waals surface area contributed by atoms with Gasteiger partial charge in [-0.3, -0.25) is 14.4 Å². The first-order valence-electron chi connectivity index (χ1n) is 11.2. The van der Waals surface area contributed by atoms with Gasteiger partial charge in [0.2, 0.25) is 0 Å². The maximum atomic E-state index is 13.2. The van der Waals surface area contributed by atoms with Gasteiger partial charge in [-0.2, -0.15) is 0 Å². The number of aryl methyl sites for hydroxylation is 1. The Morgan fingerprint density at radius 1 is 1.17 bits per heavy atom. The number of hydrogen-bond acceptors (Lipinski definition) is 6. The van der Waals surface area contributed by atoms with Crippen LogP contribution < -0.4 is 15.4 Å². The summed E-state index contributed by atoms with van der Waals surface area (Å²) in [7, 11) is 0. The number of carbonyl (C=O) groups excluding carboxylic acids is 3. The summed E-state index contributed by atoms with van der Waals surface area (Å²) in [6.45, 7) is 9.56. The highest BCUT2D eigenvalue weighted by Crippen LogP contribution is 2.37. The second-order valence-electron chi connectivity index (χ2n) is 8.74.